The second-order valence-electron chi connectivity index (χ2n) is 4.27. The molecule has 1 amide bonds. The number of amides is 1. The van der Waals surface area contributed by atoms with Crippen LogP contribution in [0.1, 0.15) is 32.3 Å². The number of carbonyl (C=O) groups is 2. The number of unbranched alkanes of at least 4 members (excludes halogenated alkanes) is 1. The van der Waals surface area contributed by atoms with Crippen LogP contribution in [-0.2, 0) is 16.0 Å². The maximum absolute atomic E-state index is 11.7. The standard InChI is InChI=1S/C14H20N2O5/c1-3-5-8-21-14(19)16-12-10(9-11(17)18)6-7-15-13(12)20-4-2/h6-7H,3-5,8-9H2,1-2H3,(H,16,19)(H,17,18). The highest BCUT2D eigenvalue weighted by molar-refractivity contribution is 5.88. The molecular weight excluding hydrogens is 276 g/mol. The van der Waals surface area contributed by atoms with E-state index in [0.717, 1.165) is 12.8 Å². The van der Waals surface area contributed by atoms with Crippen LogP contribution in [0.4, 0.5) is 10.5 Å². The van der Waals surface area contributed by atoms with Crippen LogP contribution in [0.5, 0.6) is 5.88 Å². The third-order valence-corrected chi connectivity index (χ3v) is 2.58. The first-order valence-electron chi connectivity index (χ1n) is 6.84. The van der Waals surface area contributed by atoms with Crippen LogP contribution in [-0.4, -0.2) is 35.4 Å². The van der Waals surface area contributed by atoms with E-state index in [1.165, 1.54) is 12.3 Å². The molecule has 1 heterocycles. The molecule has 0 aliphatic rings. The molecule has 0 fully saturated rings. The van der Waals surface area contributed by atoms with Gasteiger partial charge in [0.2, 0.25) is 5.88 Å². The van der Waals surface area contributed by atoms with Crippen molar-refractivity contribution >= 4 is 17.7 Å². The molecule has 2 N–H and O–H groups in total. The number of nitrogens with one attached hydrogen (secondary N) is 1. The number of ether oxygens (including phenoxy) is 2. The van der Waals surface area contributed by atoms with Gasteiger partial charge in [0.1, 0.15) is 5.69 Å². The smallest absolute Gasteiger partial charge is 0.411 e. The minimum absolute atomic E-state index is 0.184. The quantitative estimate of drug-likeness (QED) is 0.715. The van der Waals surface area contributed by atoms with E-state index < -0.39 is 12.1 Å². The van der Waals surface area contributed by atoms with Gasteiger partial charge in [0.25, 0.3) is 0 Å². The monoisotopic (exact) mass is 296 g/mol. The SMILES string of the molecule is CCCCOC(=O)Nc1c(CC(=O)O)ccnc1OCC. The molecule has 1 aromatic heterocycles. The molecule has 0 saturated carbocycles. The highest BCUT2D eigenvalue weighted by atomic mass is 16.5. The van der Waals surface area contributed by atoms with Crippen LogP contribution in [0.3, 0.4) is 0 Å². The normalized spacial score (nSPS) is 10.0. The number of aromatic nitrogens is 1. The molecule has 7 heteroatoms. The zero-order chi connectivity index (χ0) is 15.7. The van der Waals surface area contributed by atoms with Crippen LogP contribution in [0, 0.1) is 0 Å². The van der Waals surface area contributed by atoms with E-state index in [0.29, 0.717) is 18.8 Å². The lowest BCUT2D eigenvalue weighted by Gasteiger charge is -2.14. The molecule has 0 radical (unpaired) electrons. The van der Waals surface area contributed by atoms with Crippen molar-refractivity contribution in [2.75, 3.05) is 18.5 Å². The van der Waals surface area contributed by atoms with Crippen molar-refractivity contribution in [1.82, 2.24) is 4.98 Å². The highest BCUT2D eigenvalue weighted by Gasteiger charge is 2.16. The molecule has 1 rings (SSSR count). The average Bonchev–Trinajstić information content (AvgIpc) is 2.42. The number of aliphatic carboxylic acids is 1. The van der Waals surface area contributed by atoms with Crippen molar-refractivity contribution in [3.63, 3.8) is 0 Å². The zero-order valence-electron chi connectivity index (χ0n) is 12.2. The molecule has 0 aliphatic carbocycles. The Hall–Kier alpha value is -2.31. The van der Waals surface area contributed by atoms with Gasteiger partial charge in [0.15, 0.2) is 0 Å². The molecule has 116 valence electrons. The molecule has 0 aliphatic heterocycles. The van der Waals surface area contributed by atoms with E-state index in [4.69, 9.17) is 14.6 Å². The zero-order valence-corrected chi connectivity index (χ0v) is 12.2. The second-order valence-corrected chi connectivity index (χ2v) is 4.27. The van der Waals surface area contributed by atoms with Crippen molar-refractivity contribution in [2.45, 2.75) is 33.1 Å². The Bertz CT molecular complexity index is 490. The fourth-order valence-electron chi connectivity index (χ4n) is 1.62. The van der Waals surface area contributed by atoms with Crippen LogP contribution in [0.2, 0.25) is 0 Å². The lowest BCUT2D eigenvalue weighted by molar-refractivity contribution is -0.136. The number of pyridine rings is 1. The topological polar surface area (TPSA) is 97.8 Å². The Balaban J connectivity index is 2.89. The van der Waals surface area contributed by atoms with Gasteiger partial charge in [0, 0.05) is 6.20 Å². The predicted octanol–water partition coefficient (Wildman–Crippen LogP) is 2.46. The summed E-state index contributed by atoms with van der Waals surface area (Å²) >= 11 is 0. The molecular formula is C14H20N2O5. The second kappa shape index (κ2) is 8.78. The van der Waals surface area contributed by atoms with E-state index >= 15 is 0 Å². The molecule has 0 spiro atoms. The third kappa shape index (κ3) is 5.68. The Kier molecular flexibility index (Phi) is 7.00. The summed E-state index contributed by atoms with van der Waals surface area (Å²) in [6.45, 7) is 4.42. The average molecular weight is 296 g/mol. The Morgan fingerprint density at radius 1 is 1.38 bits per heavy atom. The molecule has 0 atom stereocenters. The van der Waals surface area contributed by atoms with Gasteiger partial charge in [-0.25, -0.2) is 9.78 Å². The van der Waals surface area contributed by atoms with Crippen molar-refractivity contribution < 1.29 is 24.2 Å². The summed E-state index contributed by atoms with van der Waals surface area (Å²) in [5.74, 6) is -0.824. The van der Waals surface area contributed by atoms with E-state index in [1.807, 2.05) is 6.92 Å². The minimum Gasteiger partial charge on any atom is -0.481 e. The van der Waals surface area contributed by atoms with Gasteiger partial charge in [-0.2, -0.15) is 0 Å². The predicted molar refractivity (Wildman–Crippen MR) is 76.6 cm³/mol. The number of anilines is 1. The van der Waals surface area contributed by atoms with Gasteiger partial charge in [-0.15, -0.1) is 0 Å². The van der Waals surface area contributed by atoms with Gasteiger partial charge in [-0.05, 0) is 25.0 Å². The van der Waals surface area contributed by atoms with Crippen LogP contribution in [0.15, 0.2) is 12.3 Å². The summed E-state index contributed by atoms with van der Waals surface area (Å²) in [7, 11) is 0. The first-order chi connectivity index (χ1) is 10.1. The first-order valence-corrected chi connectivity index (χ1v) is 6.84. The van der Waals surface area contributed by atoms with Crippen molar-refractivity contribution in [2.24, 2.45) is 0 Å². The van der Waals surface area contributed by atoms with Gasteiger partial charge in [-0.1, -0.05) is 13.3 Å². The van der Waals surface area contributed by atoms with E-state index in [2.05, 4.69) is 10.3 Å². The lowest BCUT2D eigenvalue weighted by Crippen LogP contribution is -2.18. The third-order valence-electron chi connectivity index (χ3n) is 2.58. The van der Waals surface area contributed by atoms with E-state index in [1.54, 1.807) is 6.92 Å². The number of rotatable bonds is 8. The molecule has 0 unspecified atom stereocenters. The van der Waals surface area contributed by atoms with Gasteiger partial charge < -0.3 is 14.6 Å². The number of carbonyl (C=O) groups excluding carboxylic acids is 1. The number of carboxylic acids is 1. The molecule has 21 heavy (non-hydrogen) atoms. The Morgan fingerprint density at radius 2 is 2.14 bits per heavy atom. The molecule has 1 aromatic rings. The van der Waals surface area contributed by atoms with Crippen molar-refractivity contribution in [3.8, 4) is 5.88 Å². The lowest BCUT2D eigenvalue weighted by atomic mass is 10.1. The summed E-state index contributed by atoms with van der Waals surface area (Å²) in [5, 5.41) is 11.4. The molecule has 0 saturated heterocycles. The van der Waals surface area contributed by atoms with Gasteiger partial charge >= 0.3 is 12.1 Å². The Labute approximate surface area is 123 Å². The fraction of sp³-hybridized carbons (Fsp3) is 0.500. The summed E-state index contributed by atoms with van der Waals surface area (Å²) in [6.07, 6.45) is 2.23. The maximum Gasteiger partial charge on any atom is 0.411 e. The summed E-state index contributed by atoms with van der Waals surface area (Å²) < 4.78 is 10.3. The molecule has 0 aromatic carbocycles. The number of hydrogen-bond acceptors (Lipinski definition) is 5. The van der Waals surface area contributed by atoms with Crippen LogP contribution < -0.4 is 10.1 Å². The number of nitrogens with zero attached hydrogens (tertiary/aromatic N) is 1. The number of carboxylic acid groups (broad SMARTS) is 1. The summed E-state index contributed by atoms with van der Waals surface area (Å²) in [5.41, 5.74) is 0.650. The van der Waals surface area contributed by atoms with Gasteiger partial charge in [0.05, 0.1) is 19.6 Å². The fourth-order valence-corrected chi connectivity index (χ4v) is 1.62. The molecule has 7 nitrogen and oxygen atoms in total. The summed E-state index contributed by atoms with van der Waals surface area (Å²) in [6, 6.07) is 1.53. The number of hydrogen-bond donors (Lipinski definition) is 2. The Morgan fingerprint density at radius 3 is 2.76 bits per heavy atom. The van der Waals surface area contributed by atoms with E-state index in [9.17, 15) is 9.59 Å². The van der Waals surface area contributed by atoms with Crippen molar-refractivity contribution in [3.05, 3.63) is 17.8 Å². The minimum atomic E-state index is -1.01. The van der Waals surface area contributed by atoms with Crippen LogP contribution in [0.25, 0.3) is 0 Å². The highest BCUT2D eigenvalue weighted by Crippen LogP contribution is 2.26. The summed E-state index contributed by atoms with van der Waals surface area (Å²) in [4.78, 5) is 26.6. The largest absolute Gasteiger partial charge is 0.481 e. The van der Waals surface area contributed by atoms with Crippen LogP contribution >= 0.6 is 0 Å². The van der Waals surface area contributed by atoms with E-state index in [-0.39, 0.29) is 18.0 Å². The van der Waals surface area contributed by atoms with Gasteiger partial charge in [-0.3, -0.25) is 10.1 Å². The van der Waals surface area contributed by atoms with Crippen molar-refractivity contribution in [1.29, 1.82) is 0 Å². The maximum atomic E-state index is 11.7. The first kappa shape index (κ1) is 16.7. The molecule has 0 bridgehead atoms.